The molecule has 0 aliphatic carbocycles. The van der Waals surface area contributed by atoms with E-state index in [0.29, 0.717) is 18.1 Å². The van der Waals surface area contributed by atoms with Gasteiger partial charge in [-0.2, -0.15) is 0 Å². The minimum Gasteiger partial charge on any atom is -0.362 e. The maximum Gasteiger partial charge on any atom is 0.221 e. The number of amides is 1. The first-order chi connectivity index (χ1) is 7.72. The van der Waals surface area contributed by atoms with E-state index in [-0.39, 0.29) is 5.91 Å². The molecule has 0 spiro atoms. The lowest BCUT2D eigenvalue weighted by atomic mass is 10.3. The van der Waals surface area contributed by atoms with Gasteiger partial charge in [0.1, 0.15) is 0 Å². The van der Waals surface area contributed by atoms with Crippen LogP contribution in [0.1, 0.15) is 6.42 Å². The number of rotatable bonds is 4. The van der Waals surface area contributed by atoms with Gasteiger partial charge in [0.25, 0.3) is 0 Å². The van der Waals surface area contributed by atoms with Gasteiger partial charge in [0, 0.05) is 25.7 Å². The zero-order valence-electron chi connectivity index (χ0n) is 9.12. The molecule has 0 aliphatic rings. The average Bonchev–Trinajstić information content (AvgIpc) is 2.30. The summed E-state index contributed by atoms with van der Waals surface area (Å²) in [6, 6.07) is 9.64. The molecule has 0 aliphatic heterocycles. The Labute approximate surface area is 100 Å². The molecule has 1 aromatic carbocycles. The molecule has 0 radical (unpaired) electrons. The van der Waals surface area contributed by atoms with Gasteiger partial charge >= 0.3 is 0 Å². The third-order valence-electron chi connectivity index (χ3n) is 1.95. The lowest BCUT2D eigenvalue weighted by Crippen LogP contribution is -2.32. The highest BCUT2D eigenvalue weighted by Gasteiger charge is 1.99. The van der Waals surface area contributed by atoms with Gasteiger partial charge in [0.05, 0.1) is 0 Å². The van der Waals surface area contributed by atoms with Gasteiger partial charge in [0.15, 0.2) is 5.11 Å². The van der Waals surface area contributed by atoms with Crippen LogP contribution in [0.2, 0.25) is 0 Å². The molecule has 0 saturated heterocycles. The van der Waals surface area contributed by atoms with Crippen LogP contribution in [-0.4, -0.2) is 24.6 Å². The first-order valence-corrected chi connectivity index (χ1v) is 5.43. The quantitative estimate of drug-likeness (QED) is 0.687. The molecule has 0 fully saturated rings. The van der Waals surface area contributed by atoms with Crippen LogP contribution in [0.15, 0.2) is 30.3 Å². The summed E-state index contributed by atoms with van der Waals surface area (Å²) in [6.07, 6.45) is 0.410. The molecule has 1 amide bonds. The Morgan fingerprint density at radius 3 is 2.62 bits per heavy atom. The molecule has 0 unspecified atom stereocenters. The predicted molar refractivity (Wildman–Crippen MR) is 69.3 cm³/mol. The highest BCUT2D eigenvalue weighted by molar-refractivity contribution is 7.80. The van der Waals surface area contributed by atoms with E-state index in [2.05, 4.69) is 16.0 Å². The van der Waals surface area contributed by atoms with E-state index in [9.17, 15) is 4.79 Å². The second-order valence-electron chi connectivity index (χ2n) is 3.17. The molecule has 0 heterocycles. The summed E-state index contributed by atoms with van der Waals surface area (Å²) in [5, 5.41) is 9.05. The van der Waals surface area contributed by atoms with Gasteiger partial charge in [0.2, 0.25) is 5.91 Å². The van der Waals surface area contributed by atoms with Gasteiger partial charge in [-0.1, -0.05) is 18.2 Å². The topological polar surface area (TPSA) is 53.2 Å². The normalized spacial score (nSPS) is 9.31. The molecule has 4 nitrogen and oxygen atoms in total. The Kier molecular flexibility index (Phi) is 5.28. The van der Waals surface area contributed by atoms with Gasteiger partial charge < -0.3 is 16.0 Å². The summed E-state index contributed by atoms with van der Waals surface area (Å²) in [5.41, 5.74) is 0.931. The lowest BCUT2D eigenvalue weighted by molar-refractivity contribution is -0.120. The molecule has 3 N–H and O–H groups in total. The van der Waals surface area contributed by atoms with Crippen molar-refractivity contribution in [1.82, 2.24) is 10.6 Å². The third-order valence-corrected chi connectivity index (χ3v) is 2.19. The monoisotopic (exact) mass is 237 g/mol. The second-order valence-corrected chi connectivity index (χ2v) is 3.58. The number of nitrogens with one attached hydrogen (secondary N) is 3. The van der Waals surface area contributed by atoms with Crippen LogP contribution in [0, 0.1) is 0 Å². The van der Waals surface area contributed by atoms with Gasteiger partial charge in [-0.3, -0.25) is 4.79 Å². The summed E-state index contributed by atoms with van der Waals surface area (Å²) in [5.74, 6) is -0.00462. The number of thiocarbonyl (C=S) groups is 1. The Bertz CT molecular complexity index is 354. The highest BCUT2D eigenvalue weighted by Crippen LogP contribution is 2.04. The highest BCUT2D eigenvalue weighted by atomic mass is 32.1. The van der Waals surface area contributed by atoms with E-state index in [0.717, 1.165) is 5.69 Å². The van der Waals surface area contributed by atoms with E-state index in [1.165, 1.54) is 0 Å². The number of benzene rings is 1. The zero-order chi connectivity index (χ0) is 11.8. The predicted octanol–water partition coefficient (Wildman–Crippen LogP) is 1.11. The summed E-state index contributed by atoms with van der Waals surface area (Å²) >= 11 is 5.07. The van der Waals surface area contributed by atoms with Crippen molar-refractivity contribution >= 4 is 28.9 Å². The summed E-state index contributed by atoms with van der Waals surface area (Å²) in [4.78, 5) is 10.9. The van der Waals surface area contributed by atoms with E-state index in [1.807, 2.05) is 30.3 Å². The molecular formula is C11H15N3OS. The van der Waals surface area contributed by atoms with Gasteiger partial charge in [-0.15, -0.1) is 0 Å². The largest absolute Gasteiger partial charge is 0.362 e. The van der Waals surface area contributed by atoms with Crippen molar-refractivity contribution in [3.05, 3.63) is 30.3 Å². The minimum atomic E-state index is -0.00462. The van der Waals surface area contributed by atoms with Crippen LogP contribution in [0.25, 0.3) is 0 Å². The van der Waals surface area contributed by atoms with Crippen molar-refractivity contribution in [3.63, 3.8) is 0 Å². The fraction of sp³-hybridized carbons (Fsp3) is 0.273. The van der Waals surface area contributed by atoms with Gasteiger partial charge in [-0.25, -0.2) is 0 Å². The number of carbonyl (C=O) groups is 1. The van der Waals surface area contributed by atoms with Crippen LogP contribution in [0.4, 0.5) is 5.69 Å². The zero-order valence-corrected chi connectivity index (χ0v) is 9.93. The van der Waals surface area contributed by atoms with E-state index < -0.39 is 0 Å². The van der Waals surface area contributed by atoms with Crippen LogP contribution in [0.3, 0.4) is 0 Å². The molecule has 0 atom stereocenters. The first kappa shape index (κ1) is 12.4. The van der Waals surface area contributed by atoms with Crippen LogP contribution >= 0.6 is 12.2 Å². The molecule has 86 valence electrons. The average molecular weight is 237 g/mol. The van der Waals surface area contributed by atoms with Crippen molar-refractivity contribution in [2.75, 3.05) is 18.9 Å². The Morgan fingerprint density at radius 2 is 2.00 bits per heavy atom. The standard InChI is InChI=1S/C11H15N3OS/c1-12-10(15)7-8-13-11(16)14-9-5-3-2-4-6-9/h2-6H,7-8H2,1H3,(H,12,15)(H2,13,14,16). The number of anilines is 1. The molecule has 0 aromatic heterocycles. The van der Waals surface area contributed by atoms with Crippen LogP contribution < -0.4 is 16.0 Å². The lowest BCUT2D eigenvalue weighted by Gasteiger charge is -2.09. The molecule has 1 rings (SSSR count). The summed E-state index contributed by atoms with van der Waals surface area (Å²) < 4.78 is 0. The number of hydrogen-bond donors (Lipinski definition) is 3. The number of carbonyl (C=O) groups excluding carboxylic acids is 1. The molecule has 0 saturated carbocycles. The molecular weight excluding hydrogens is 222 g/mol. The maximum atomic E-state index is 10.9. The van der Waals surface area contributed by atoms with Crippen molar-refractivity contribution < 1.29 is 4.79 Å². The van der Waals surface area contributed by atoms with Gasteiger partial charge in [-0.05, 0) is 24.4 Å². The molecule has 1 aromatic rings. The number of hydrogen-bond acceptors (Lipinski definition) is 2. The fourth-order valence-electron chi connectivity index (χ4n) is 1.11. The molecule has 0 bridgehead atoms. The Morgan fingerprint density at radius 1 is 1.31 bits per heavy atom. The SMILES string of the molecule is CNC(=O)CCNC(=S)Nc1ccccc1. The van der Waals surface area contributed by atoms with Crippen molar-refractivity contribution in [2.45, 2.75) is 6.42 Å². The number of para-hydroxylation sites is 1. The van der Waals surface area contributed by atoms with E-state index in [4.69, 9.17) is 12.2 Å². The molecule has 16 heavy (non-hydrogen) atoms. The summed E-state index contributed by atoms with van der Waals surface area (Å²) in [7, 11) is 1.61. The first-order valence-electron chi connectivity index (χ1n) is 5.03. The Balaban J connectivity index is 2.24. The maximum absolute atomic E-state index is 10.9. The third kappa shape index (κ3) is 4.75. The van der Waals surface area contributed by atoms with Crippen molar-refractivity contribution in [3.8, 4) is 0 Å². The van der Waals surface area contributed by atoms with Crippen molar-refractivity contribution in [2.24, 2.45) is 0 Å². The fourth-order valence-corrected chi connectivity index (χ4v) is 1.33. The van der Waals surface area contributed by atoms with Crippen molar-refractivity contribution in [1.29, 1.82) is 0 Å². The van der Waals surface area contributed by atoms with E-state index >= 15 is 0 Å². The minimum absolute atomic E-state index is 0.00462. The van der Waals surface area contributed by atoms with Crippen LogP contribution in [-0.2, 0) is 4.79 Å². The summed E-state index contributed by atoms with van der Waals surface area (Å²) in [6.45, 7) is 0.526. The smallest absolute Gasteiger partial charge is 0.221 e. The van der Waals surface area contributed by atoms with Crippen LogP contribution in [0.5, 0.6) is 0 Å². The second kappa shape index (κ2) is 6.79. The molecule has 5 heteroatoms. The van der Waals surface area contributed by atoms with E-state index in [1.54, 1.807) is 7.05 Å². The Hall–Kier alpha value is -1.62.